The summed E-state index contributed by atoms with van der Waals surface area (Å²) in [7, 11) is 0. The summed E-state index contributed by atoms with van der Waals surface area (Å²) in [6, 6.07) is 6.78. The molecule has 2 aromatic carbocycles. The molecule has 1 aromatic heterocycles. The van der Waals surface area contributed by atoms with Crippen LogP contribution in [0.15, 0.2) is 47.3 Å². The monoisotopic (exact) mass is 348 g/mol. The standard InChI is InChI=1S/C17H11ClF2N2O2/c1-9(23)22-14-5-4-13(19)16(17(14)20)10-2-3-11(12(18)6-10)15-7-21-8-24-15/h2-8H,1H3,(H,22,23). The third-order valence-electron chi connectivity index (χ3n) is 3.36. The van der Waals surface area contributed by atoms with Crippen molar-refractivity contribution >= 4 is 23.2 Å². The number of benzene rings is 2. The van der Waals surface area contributed by atoms with Crippen molar-refractivity contribution in [2.45, 2.75) is 6.92 Å². The van der Waals surface area contributed by atoms with E-state index in [4.69, 9.17) is 16.0 Å². The molecule has 0 aliphatic heterocycles. The molecule has 7 heteroatoms. The molecule has 0 radical (unpaired) electrons. The summed E-state index contributed by atoms with van der Waals surface area (Å²) in [6.45, 7) is 1.24. The van der Waals surface area contributed by atoms with Gasteiger partial charge in [0, 0.05) is 12.5 Å². The average Bonchev–Trinajstić information content (AvgIpc) is 3.04. The summed E-state index contributed by atoms with van der Waals surface area (Å²) in [6.07, 6.45) is 2.75. The van der Waals surface area contributed by atoms with Crippen LogP contribution in [0.4, 0.5) is 14.5 Å². The van der Waals surface area contributed by atoms with Crippen molar-refractivity contribution in [1.29, 1.82) is 0 Å². The van der Waals surface area contributed by atoms with Crippen LogP contribution in [-0.2, 0) is 4.79 Å². The van der Waals surface area contributed by atoms with Gasteiger partial charge in [-0.3, -0.25) is 4.79 Å². The number of hydrogen-bond acceptors (Lipinski definition) is 3. The summed E-state index contributed by atoms with van der Waals surface area (Å²) in [5, 5.41) is 2.58. The zero-order valence-corrected chi connectivity index (χ0v) is 13.2. The Labute approximate surface area is 141 Å². The Hall–Kier alpha value is -2.73. The quantitative estimate of drug-likeness (QED) is 0.732. The molecule has 0 bridgehead atoms. The third-order valence-corrected chi connectivity index (χ3v) is 3.67. The second-order valence-corrected chi connectivity index (χ2v) is 5.43. The molecular formula is C17H11ClF2N2O2. The van der Waals surface area contributed by atoms with Crippen LogP contribution in [-0.4, -0.2) is 10.9 Å². The summed E-state index contributed by atoms with van der Waals surface area (Å²) >= 11 is 6.20. The van der Waals surface area contributed by atoms with Gasteiger partial charge in [0.1, 0.15) is 5.82 Å². The van der Waals surface area contributed by atoms with Crippen molar-refractivity contribution in [1.82, 2.24) is 4.98 Å². The van der Waals surface area contributed by atoms with Gasteiger partial charge >= 0.3 is 0 Å². The van der Waals surface area contributed by atoms with Crippen molar-refractivity contribution in [3.05, 3.63) is 59.6 Å². The van der Waals surface area contributed by atoms with Gasteiger partial charge in [-0.25, -0.2) is 13.8 Å². The minimum atomic E-state index is -0.867. The van der Waals surface area contributed by atoms with Crippen molar-refractivity contribution in [2.24, 2.45) is 0 Å². The van der Waals surface area contributed by atoms with Crippen LogP contribution >= 0.6 is 11.6 Å². The third kappa shape index (κ3) is 3.00. The fourth-order valence-electron chi connectivity index (χ4n) is 2.32. The maximum absolute atomic E-state index is 14.6. The molecule has 1 N–H and O–H groups in total. The molecule has 0 saturated carbocycles. The number of anilines is 1. The van der Waals surface area contributed by atoms with Crippen molar-refractivity contribution in [3.63, 3.8) is 0 Å². The number of nitrogens with zero attached hydrogens (tertiary/aromatic N) is 1. The number of oxazole rings is 1. The fraction of sp³-hybridized carbons (Fsp3) is 0.0588. The van der Waals surface area contributed by atoms with E-state index in [1.54, 1.807) is 6.07 Å². The van der Waals surface area contributed by atoms with Crippen LogP contribution in [0.25, 0.3) is 22.5 Å². The van der Waals surface area contributed by atoms with Gasteiger partial charge in [-0.1, -0.05) is 17.7 Å². The van der Waals surface area contributed by atoms with Crippen LogP contribution in [0, 0.1) is 11.6 Å². The van der Waals surface area contributed by atoms with Crippen molar-refractivity contribution in [2.75, 3.05) is 5.32 Å². The summed E-state index contributed by atoms with van der Waals surface area (Å²) in [5.41, 5.74) is 0.420. The molecule has 1 amide bonds. The molecule has 0 aliphatic carbocycles. The number of hydrogen-bond donors (Lipinski definition) is 1. The van der Waals surface area contributed by atoms with Gasteiger partial charge in [0.2, 0.25) is 5.91 Å². The van der Waals surface area contributed by atoms with Crippen molar-refractivity contribution < 1.29 is 18.0 Å². The molecule has 0 aliphatic rings. The normalized spacial score (nSPS) is 10.7. The van der Waals surface area contributed by atoms with Gasteiger partial charge in [-0.05, 0) is 29.8 Å². The van der Waals surface area contributed by atoms with E-state index in [1.807, 2.05) is 0 Å². The predicted octanol–water partition coefficient (Wildman–Crippen LogP) is 4.90. The Balaban J connectivity index is 2.09. The molecule has 3 rings (SSSR count). The molecule has 4 nitrogen and oxygen atoms in total. The number of aromatic nitrogens is 1. The predicted molar refractivity (Wildman–Crippen MR) is 86.6 cm³/mol. The molecule has 24 heavy (non-hydrogen) atoms. The number of carbonyl (C=O) groups is 1. The minimum Gasteiger partial charge on any atom is -0.443 e. The Kier molecular flexibility index (Phi) is 4.31. The number of nitrogens with one attached hydrogen (secondary N) is 1. The molecule has 0 unspecified atom stereocenters. The second kappa shape index (κ2) is 6.41. The lowest BCUT2D eigenvalue weighted by Crippen LogP contribution is -2.08. The molecule has 1 heterocycles. The maximum atomic E-state index is 14.6. The number of amides is 1. The van der Waals surface area contributed by atoms with Crippen LogP contribution in [0.5, 0.6) is 0 Å². The van der Waals surface area contributed by atoms with Gasteiger partial charge < -0.3 is 9.73 Å². The van der Waals surface area contributed by atoms with Crippen LogP contribution in [0.2, 0.25) is 5.02 Å². The van der Waals surface area contributed by atoms with E-state index in [-0.39, 0.29) is 21.8 Å². The minimum absolute atomic E-state index is 0.102. The lowest BCUT2D eigenvalue weighted by molar-refractivity contribution is -0.114. The van der Waals surface area contributed by atoms with Gasteiger partial charge in [0.05, 0.1) is 22.5 Å². The smallest absolute Gasteiger partial charge is 0.221 e. The Morgan fingerprint density at radius 1 is 1.25 bits per heavy atom. The lowest BCUT2D eigenvalue weighted by Gasteiger charge is -2.11. The Morgan fingerprint density at radius 2 is 2.04 bits per heavy atom. The Morgan fingerprint density at radius 3 is 2.67 bits per heavy atom. The second-order valence-electron chi connectivity index (χ2n) is 5.03. The Bertz CT molecular complexity index is 911. The van der Waals surface area contributed by atoms with E-state index in [0.717, 1.165) is 6.07 Å². The zero-order valence-electron chi connectivity index (χ0n) is 12.4. The molecule has 0 spiro atoms. The summed E-state index contributed by atoms with van der Waals surface area (Å²) < 4.78 is 33.9. The van der Waals surface area contributed by atoms with Gasteiger partial charge in [-0.2, -0.15) is 0 Å². The van der Waals surface area contributed by atoms with E-state index in [1.165, 1.54) is 37.7 Å². The largest absolute Gasteiger partial charge is 0.443 e. The molecular weight excluding hydrogens is 338 g/mol. The van der Waals surface area contributed by atoms with Crippen LogP contribution in [0.1, 0.15) is 6.92 Å². The first-order chi connectivity index (χ1) is 11.5. The first-order valence-corrected chi connectivity index (χ1v) is 7.29. The first kappa shape index (κ1) is 16.1. The van der Waals surface area contributed by atoms with Crippen molar-refractivity contribution in [3.8, 4) is 22.5 Å². The SMILES string of the molecule is CC(=O)Nc1ccc(F)c(-c2ccc(-c3cnco3)c(Cl)c2)c1F. The summed E-state index contributed by atoms with van der Waals surface area (Å²) in [5.74, 6) is -1.64. The highest BCUT2D eigenvalue weighted by Gasteiger charge is 2.18. The van der Waals surface area contributed by atoms with Crippen LogP contribution in [0.3, 0.4) is 0 Å². The van der Waals surface area contributed by atoms with Crippen LogP contribution < -0.4 is 5.32 Å². The highest BCUT2D eigenvalue weighted by atomic mass is 35.5. The van der Waals surface area contributed by atoms with Gasteiger partial charge in [-0.15, -0.1) is 0 Å². The maximum Gasteiger partial charge on any atom is 0.221 e. The number of rotatable bonds is 3. The van der Waals surface area contributed by atoms with E-state index in [2.05, 4.69) is 10.3 Å². The molecule has 122 valence electrons. The first-order valence-electron chi connectivity index (χ1n) is 6.91. The average molecular weight is 349 g/mol. The molecule has 0 fully saturated rings. The molecule has 0 saturated heterocycles. The van der Waals surface area contributed by atoms with Gasteiger partial charge in [0.15, 0.2) is 18.0 Å². The zero-order chi connectivity index (χ0) is 17.3. The molecule has 3 aromatic rings. The lowest BCUT2D eigenvalue weighted by atomic mass is 10.0. The van der Waals surface area contributed by atoms with Gasteiger partial charge in [0.25, 0.3) is 0 Å². The highest BCUT2D eigenvalue weighted by molar-refractivity contribution is 6.33. The molecule has 0 atom stereocenters. The van der Waals surface area contributed by atoms with E-state index < -0.39 is 17.5 Å². The van der Waals surface area contributed by atoms with E-state index in [9.17, 15) is 13.6 Å². The fourth-order valence-corrected chi connectivity index (χ4v) is 2.60. The number of halogens is 3. The summed E-state index contributed by atoms with van der Waals surface area (Å²) in [4.78, 5) is 14.9. The van der Waals surface area contributed by atoms with E-state index in [0.29, 0.717) is 11.3 Å². The highest BCUT2D eigenvalue weighted by Crippen LogP contribution is 2.35. The topological polar surface area (TPSA) is 55.1 Å². The number of carbonyl (C=O) groups excluding carboxylic acids is 1. The van der Waals surface area contributed by atoms with E-state index >= 15 is 0 Å².